The Morgan fingerprint density at radius 3 is 2.66 bits per heavy atom. The lowest BCUT2D eigenvalue weighted by Crippen LogP contribution is -2.32. The smallest absolute Gasteiger partial charge is 0.270 e. The van der Waals surface area contributed by atoms with Crippen molar-refractivity contribution in [1.82, 2.24) is 9.88 Å². The number of fused-ring (bicyclic) bond motifs is 1. The maximum atomic E-state index is 13.4. The van der Waals surface area contributed by atoms with Crippen molar-refractivity contribution >= 4 is 28.2 Å². The number of benzene rings is 3. The zero-order valence-electron chi connectivity index (χ0n) is 21.3. The Balaban J connectivity index is 1.46. The Bertz CT molecular complexity index is 1430. The van der Waals surface area contributed by atoms with Crippen LogP contribution in [-0.4, -0.2) is 40.4 Å². The van der Waals surface area contributed by atoms with Crippen LogP contribution in [-0.2, 0) is 6.54 Å². The van der Waals surface area contributed by atoms with Crippen LogP contribution >= 0.6 is 0 Å². The lowest BCUT2D eigenvalue weighted by Gasteiger charge is -2.24. The van der Waals surface area contributed by atoms with Crippen molar-refractivity contribution in [3.8, 4) is 5.75 Å². The molecule has 0 radical (unpaired) electrons. The van der Waals surface area contributed by atoms with Crippen LogP contribution in [0.1, 0.15) is 35.7 Å². The van der Waals surface area contributed by atoms with Gasteiger partial charge in [-0.3, -0.25) is 19.9 Å². The van der Waals surface area contributed by atoms with Gasteiger partial charge in [0.1, 0.15) is 11.6 Å². The van der Waals surface area contributed by atoms with Crippen LogP contribution in [0, 0.1) is 15.9 Å². The van der Waals surface area contributed by atoms with E-state index in [1.807, 2.05) is 24.3 Å². The molecule has 0 aliphatic heterocycles. The molecule has 4 rings (SSSR count). The maximum absolute atomic E-state index is 13.4. The van der Waals surface area contributed by atoms with Crippen molar-refractivity contribution in [2.45, 2.75) is 32.4 Å². The number of nitrogens with zero attached hydrogens (tertiary/aromatic N) is 3. The molecule has 1 unspecified atom stereocenters. The molecule has 1 heterocycles. The van der Waals surface area contributed by atoms with E-state index in [0.29, 0.717) is 13.0 Å². The average Bonchev–Trinajstić information content (AvgIpc) is 2.93. The Morgan fingerprint density at radius 1 is 1.13 bits per heavy atom. The van der Waals surface area contributed by atoms with Crippen molar-refractivity contribution in [3.63, 3.8) is 0 Å². The number of methoxy groups -OCH3 is 1. The van der Waals surface area contributed by atoms with Crippen molar-refractivity contribution in [3.05, 3.63) is 106 Å². The molecule has 0 aliphatic rings. The summed E-state index contributed by atoms with van der Waals surface area (Å²) in [5, 5.41) is 15.7. The molecule has 9 heteroatoms. The number of pyridine rings is 1. The Labute approximate surface area is 220 Å². The fourth-order valence-corrected chi connectivity index (χ4v) is 4.32. The summed E-state index contributed by atoms with van der Waals surface area (Å²) < 4.78 is 18.9. The van der Waals surface area contributed by atoms with E-state index in [4.69, 9.17) is 4.74 Å². The second kappa shape index (κ2) is 12.1. The third-order valence-electron chi connectivity index (χ3n) is 6.26. The number of non-ortho nitro benzene ring substituents is 1. The number of nitro benzene ring substituents is 1. The highest BCUT2D eigenvalue weighted by Crippen LogP contribution is 2.28. The van der Waals surface area contributed by atoms with Gasteiger partial charge in [0.05, 0.1) is 23.2 Å². The van der Waals surface area contributed by atoms with Gasteiger partial charge < -0.3 is 15.0 Å². The Morgan fingerprint density at radius 2 is 1.92 bits per heavy atom. The number of hydrogen-bond donors (Lipinski definition) is 1. The summed E-state index contributed by atoms with van der Waals surface area (Å²) >= 11 is 0. The summed E-state index contributed by atoms with van der Waals surface area (Å²) in [6.07, 6.45) is 3.16. The summed E-state index contributed by atoms with van der Waals surface area (Å²) in [5.74, 6) is 0.0552. The minimum atomic E-state index is -0.522. The molecule has 1 N–H and O–H groups in total. The quantitative estimate of drug-likeness (QED) is 0.188. The summed E-state index contributed by atoms with van der Waals surface area (Å²) in [7, 11) is 1.62. The molecule has 0 fully saturated rings. The van der Waals surface area contributed by atoms with Crippen LogP contribution in [0.5, 0.6) is 5.75 Å². The number of carbonyl (C=O) groups is 1. The van der Waals surface area contributed by atoms with Gasteiger partial charge in [-0.2, -0.15) is 0 Å². The van der Waals surface area contributed by atoms with Crippen molar-refractivity contribution < 1.29 is 18.8 Å². The predicted octanol–water partition coefficient (Wildman–Crippen LogP) is 6.21. The number of ether oxygens (including phenoxy) is 1. The molecule has 1 atom stereocenters. The number of aromatic nitrogens is 1. The molecular formula is C29H29FN4O4. The Kier molecular flexibility index (Phi) is 8.47. The van der Waals surface area contributed by atoms with Gasteiger partial charge in [0.15, 0.2) is 0 Å². The van der Waals surface area contributed by atoms with Gasteiger partial charge in [-0.15, -0.1) is 0 Å². The molecule has 1 amide bonds. The SMILES string of the molecule is COc1cc(NC(C)CCCN(Cc2ccc(F)cc2)C(=O)c2cccc([N+](=O)[O-])c2)c2ncccc2c1. The summed E-state index contributed by atoms with van der Waals surface area (Å²) in [6.45, 7) is 2.73. The molecule has 8 nitrogen and oxygen atoms in total. The highest BCUT2D eigenvalue weighted by molar-refractivity contribution is 5.95. The second-order valence-corrected chi connectivity index (χ2v) is 9.10. The van der Waals surface area contributed by atoms with Gasteiger partial charge in [-0.25, -0.2) is 4.39 Å². The van der Waals surface area contributed by atoms with E-state index in [1.54, 1.807) is 36.4 Å². The highest BCUT2D eigenvalue weighted by atomic mass is 19.1. The highest BCUT2D eigenvalue weighted by Gasteiger charge is 2.19. The number of halogens is 1. The molecule has 4 aromatic rings. The number of nitrogens with one attached hydrogen (secondary N) is 1. The third kappa shape index (κ3) is 6.61. The van der Waals surface area contributed by atoms with Gasteiger partial charge in [0.2, 0.25) is 0 Å². The Hall–Kier alpha value is -4.53. The molecule has 0 spiro atoms. The van der Waals surface area contributed by atoms with E-state index in [1.165, 1.54) is 30.3 Å². The van der Waals surface area contributed by atoms with Gasteiger partial charge >= 0.3 is 0 Å². The van der Waals surface area contributed by atoms with Crippen LogP contribution in [0.2, 0.25) is 0 Å². The number of anilines is 1. The van der Waals surface area contributed by atoms with Crippen LogP contribution in [0.25, 0.3) is 10.9 Å². The summed E-state index contributed by atoms with van der Waals surface area (Å²) in [6, 6.07) is 19.4. The third-order valence-corrected chi connectivity index (χ3v) is 6.26. The van der Waals surface area contributed by atoms with E-state index < -0.39 is 4.92 Å². The first kappa shape index (κ1) is 26.5. The zero-order valence-corrected chi connectivity index (χ0v) is 21.3. The van der Waals surface area contributed by atoms with E-state index >= 15 is 0 Å². The molecule has 0 bridgehead atoms. The lowest BCUT2D eigenvalue weighted by molar-refractivity contribution is -0.384. The molecule has 0 aliphatic carbocycles. The number of hydrogen-bond acceptors (Lipinski definition) is 6. The number of rotatable bonds is 11. The summed E-state index contributed by atoms with van der Waals surface area (Å²) in [5.41, 5.74) is 2.57. The minimum Gasteiger partial charge on any atom is -0.497 e. The second-order valence-electron chi connectivity index (χ2n) is 9.10. The molecule has 0 saturated carbocycles. The number of carbonyl (C=O) groups excluding carboxylic acids is 1. The van der Waals surface area contributed by atoms with Crippen LogP contribution in [0.4, 0.5) is 15.8 Å². The van der Waals surface area contributed by atoms with E-state index in [2.05, 4.69) is 17.2 Å². The maximum Gasteiger partial charge on any atom is 0.270 e. The molecule has 38 heavy (non-hydrogen) atoms. The largest absolute Gasteiger partial charge is 0.497 e. The molecule has 1 aromatic heterocycles. The fourth-order valence-electron chi connectivity index (χ4n) is 4.32. The first-order chi connectivity index (χ1) is 18.3. The molecular weight excluding hydrogens is 487 g/mol. The van der Waals surface area contributed by atoms with E-state index in [0.717, 1.165) is 34.3 Å². The van der Waals surface area contributed by atoms with Crippen molar-refractivity contribution in [2.75, 3.05) is 19.0 Å². The average molecular weight is 517 g/mol. The van der Waals surface area contributed by atoms with Crippen LogP contribution in [0.3, 0.4) is 0 Å². The standard InChI is InChI=1S/C29H29FN4O4/c1-20(32-27-18-26(38-2)17-22-8-4-14-31-28(22)27)6-5-15-33(19-21-10-12-24(30)13-11-21)29(35)23-7-3-9-25(16-23)34(36)37/h3-4,7-14,16-18,20,32H,5-6,15,19H2,1-2H3. The monoisotopic (exact) mass is 516 g/mol. The van der Waals surface area contributed by atoms with Gasteiger partial charge in [0, 0.05) is 54.5 Å². The van der Waals surface area contributed by atoms with Crippen LogP contribution in [0.15, 0.2) is 79.0 Å². The molecule has 0 saturated heterocycles. The predicted molar refractivity (Wildman–Crippen MR) is 145 cm³/mol. The number of amides is 1. The van der Waals surface area contributed by atoms with Crippen molar-refractivity contribution in [1.29, 1.82) is 0 Å². The van der Waals surface area contributed by atoms with Gasteiger partial charge in [-0.05, 0) is 55.7 Å². The van der Waals surface area contributed by atoms with Gasteiger partial charge in [-0.1, -0.05) is 24.3 Å². The van der Waals surface area contributed by atoms with Gasteiger partial charge in [0.25, 0.3) is 11.6 Å². The normalized spacial score (nSPS) is 11.7. The molecule has 196 valence electrons. The number of nitro groups is 1. The lowest BCUT2D eigenvalue weighted by atomic mass is 10.1. The fraction of sp³-hybridized carbons (Fsp3) is 0.241. The van der Waals surface area contributed by atoms with Crippen molar-refractivity contribution in [2.24, 2.45) is 0 Å². The first-order valence-electron chi connectivity index (χ1n) is 12.3. The van der Waals surface area contributed by atoms with Crippen LogP contribution < -0.4 is 10.1 Å². The minimum absolute atomic E-state index is 0.0629. The summed E-state index contributed by atoms with van der Waals surface area (Å²) in [4.78, 5) is 30.2. The zero-order chi connectivity index (χ0) is 27.1. The van der Waals surface area contributed by atoms with E-state index in [9.17, 15) is 19.3 Å². The molecule has 3 aromatic carbocycles. The first-order valence-corrected chi connectivity index (χ1v) is 12.3. The van der Waals surface area contributed by atoms with E-state index in [-0.39, 0.29) is 35.6 Å². The topological polar surface area (TPSA) is 97.6 Å².